The lowest BCUT2D eigenvalue weighted by molar-refractivity contribution is 0.132. The van der Waals surface area contributed by atoms with Crippen LogP contribution in [-0.4, -0.2) is 37.9 Å². The van der Waals surface area contributed by atoms with Crippen LogP contribution < -0.4 is 9.47 Å². The van der Waals surface area contributed by atoms with E-state index < -0.39 is 0 Å². The highest BCUT2D eigenvalue weighted by Crippen LogP contribution is 2.43. The van der Waals surface area contributed by atoms with Crippen LogP contribution in [0.15, 0.2) is 29.9 Å². The molecule has 0 amide bonds. The van der Waals surface area contributed by atoms with Crippen LogP contribution in [0.4, 0.5) is 0 Å². The molecule has 0 radical (unpaired) electrons. The topological polar surface area (TPSA) is 81.8 Å². The third-order valence-corrected chi connectivity index (χ3v) is 3.66. The Morgan fingerprint density at radius 3 is 2.96 bits per heavy atom. The second-order valence-electron chi connectivity index (χ2n) is 6.07. The summed E-state index contributed by atoms with van der Waals surface area (Å²) in [7, 11) is 0. The van der Waals surface area contributed by atoms with E-state index in [4.69, 9.17) is 9.47 Å². The van der Waals surface area contributed by atoms with Crippen molar-refractivity contribution in [2.45, 2.75) is 39.3 Å². The molecule has 0 atom stereocenters. The van der Waals surface area contributed by atoms with Crippen molar-refractivity contribution in [3.8, 4) is 11.5 Å². The molecule has 23 heavy (non-hydrogen) atoms. The van der Waals surface area contributed by atoms with Gasteiger partial charge in [0.15, 0.2) is 11.5 Å². The summed E-state index contributed by atoms with van der Waals surface area (Å²) in [6, 6.07) is 3.83. The van der Waals surface area contributed by atoms with Gasteiger partial charge >= 0.3 is 0 Å². The van der Waals surface area contributed by atoms with Gasteiger partial charge in [-0.15, -0.1) is 0 Å². The quantitative estimate of drug-likeness (QED) is 0.520. The molecule has 0 saturated heterocycles. The van der Waals surface area contributed by atoms with Crippen LogP contribution in [0.3, 0.4) is 0 Å². The number of ether oxygens (including phenoxy) is 2. The van der Waals surface area contributed by atoms with E-state index in [2.05, 4.69) is 15.2 Å². The zero-order chi connectivity index (χ0) is 16.4. The minimum atomic E-state index is -0.269. The van der Waals surface area contributed by atoms with E-state index in [1.807, 2.05) is 32.9 Å². The number of benzene rings is 1. The molecule has 1 N–H and O–H groups in total. The first kappa shape index (κ1) is 15.3. The molecule has 0 bridgehead atoms. The number of fused-ring (bicyclic) bond motifs is 1. The molecule has 0 spiro atoms. The fourth-order valence-electron chi connectivity index (χ4n) is 2.76. The molecule has 0 unspecified atom stereocenters. The van der Waals surface area contributed by atoms with Gasteiger partial charge in [-0.3, -0.25) is 0 Å². The van der Waals surface area contributed by atoms with Gasteiger partial charge in [0.25, 0.3) is 0 Å². The fourth-order valence-corrected chi connectivity index (χ4v) is 2.76. The van der Waals surface area contributed by atoms with E-state index in [9.17, 15) is 5.21 Å². The number of hydrogen-bond donors (Lipinski definition) is 1. The number of hydrogen-bond acceptors (Lipinski definition) is 6. The van der Waals surface area contributed by atoms with Gasteiger partial charge in [-0.1, -0.05) is 5.16 Å². The lowest BCUT2D eigenvalue weighted by atomic mass is 9.98. The third-order valence-electron chi connectivity index (χ3n) is 3.66. The van der Waals surface area contributed by atoms with Crippen LogP contribution in [0.2, 0.25) is 0 Å². The van der Waals surface area contributed by atoms with Crippen molar-refractivity contribution in [3.63, 3.8) is 0 Å². The Morgan fingerprint density at radius 2 is 2.30 bits per heavy atom. The van der Waals surface area contributed by atoms with Gasteiger partial charge in [-0.05, 0) is 32.9 Å². The lowest BCUT2D eigenvalue weighted by Gasteiger charge is -2.18. The van der Waals surface area contributed by atoms with Gasteiger partial charge in [0.1, 0.15) is 24.0 Å². The van der Waals surface area contributed by atoms with E-state index in [0.29, 0.717) is 24.6 Å². The van der Waals surface area contributed by atoms with Crippen LogP contribution in [0.5, 0.6) is 11.5 Å². The molecular formula is C16H20N4O3. The number of nitrogens with zero attached hydrogens (tertiary/aromatic N) is 4. The molecule has 0 fully saturated rings. The summed E-state index contributed by atoms with van der Waals surface area (Å²) in [5.74, 6) is 1.45. The average Bonchev–Trinajstić information content (AvgIpc) is 3.10. The van der Waals surface area contributed by atoms with Crippen molar-refractivity contribution in [1.29, 1.82) is 0 Å². The first-order chi connectivity index (χ1) is 11.0. The molecule has 1 aromatic carbocycles. The van der Waals surface area contributed by atoms with E-state index in [0.717, 1.165) is 23.3 Å². The highest BCUT2D eigenvalue weighted by Gasteiger charge is 2.33. The Bertz CT molecular complexity index is 723. The molecule has 1 aliphatic heterocycles. The molecular weight excluding hydrogens is 296 g/mol. The van der Waals surface area contributed by atoms with E-state index in [1.165, 1.54) is 6.33 Å². The zero-order valence-electron chi connectivity index (χ0n) is 13.5. The van der Waals surface area contributed by atoms with Crippen molar-refractivity contribution >= 4 is 5.71 Å². The molecule has 3 rings (SSSR count). The maximum Gasteiger partial charge on any atom is 0.165 e. The first-order valence-corrected chi connectivity index (χ1v) is 7.55. The number of rotatable bonds is 5. The standard InChI is InChI=1S/C16H20N4O3/c1-4-22-14-6-11(5-12-7-16(2,3)23-15(12)14)13(19-21)8-20-10-17-9-18-20/h5-6,9-10,21H,4,7-8H2,1-3H3. The van der Waals surface area contributed by atoms with Crippen LogP contribution in [0.1, 0.15) is 31.9 Å². The molecule has 2 heterocycles. The zero-order valence-corrected chi connectivity index (χ0v) is 13.5. The third kappa shape index (κ3) is 3.13. The molecule has 0 saturated carbocycles. The summed E-state index contributed by atoms with van der Waals surface area (Å²) >= 11 is 0. The van der Waals surface area contributed by atoms with Gasteiger partial charge < -0.3 is 14.7 Å². The van der Waals surface area contributed by atoms with Crippen molar-refractivity contribution in [2.24, 2.45) is 5.16 Å². The van der Waals surface area contributed by atoms with Crippen molar-refractivity contribution in [3.05, 3.63) is 35.9 Å². The summed E-state index contributed by atoms with van der Waals surface area (Å²) in [4.78, 5) is 3.90. The lowest BCUT2D eigenvalue weighted by Crippen LogP contribution is -2.24. The number of aromatic nitrogens is 3. The van der Waals surface area contributed by atoms with Crippen LogP contribution in [0, 0.1) is 0 Å². The van der Waals surface area contributed by atoms with E-state index >= 15 is 0 Å². The van der Waals surface area contributed by atoms with Crippen molar-refractivity contribution in [2.75, 3.05) is 6.61 Å². The average molecular weight is 316 g/mol. The summed E-state index contributed by atoms with van der Waals surface area (Å²) in [6.07, 6.45) is 3.80. The Balaban J connectivity index is 1.98. The Morgan fingerprint density at radius 1 is 1.48 bits per heavy atom. The smallest absolute Gasteiger partial charge is 0.165 e. The largest absolute Gasteiger partial charge is 0.490 e. The summed E-state index contributed by atoms with van der Waals surface area (Å²) in [5, 5.41) is 16.9. The normalized spacial score (nSPS) is 16.0. The molecule has 1 aliphatic rings. The molecule has 1 aromatic heterocycles. The Kier molecular flexibility index (Phi) is 3.94. The molecule has 122 valence electrons. The minimum Gasteiger partial charge on any atom is -0.490 e. The monoisotopic (exact) mass is 316 g/mol. The second kappa shape index (κ2) is 5.91. The van der Waals surface area contributed by atoms with Gasteiger partial charge in [0, 0.05) is 17.5 Å². The molecule has 7 nitrogen and oxygen atoms in total. The van der Waals surface area contributed by atoms with Crippen molar-refractivity contribution in [1.82, 2.24) is 14.8 Å². The SMILES string of the molecule is CCOc1cc(C(Cn2cncn2)=NO)cc2c1OC(C)(C)C2. The first-order valence-electron chi connectivity index (χ1n) is 7.55. The van der Waals surface area contributed by atoms with Crippen LogP contribution in [-0.2, 0) is 13.0 Å². The van der Waals surface area contributed by atoms with E-state index in [-0.39, 0.29) is 5.60 Å². The summed E-state index contributed by atoms with van der Waals surface area (Å²) in [5.41, 5.74) is 2.06. The van der Waals surface area contributed by atoms with E-state index in [1.54, 1.807) is 11.0 Å². The van der Waals surface area contributed by atoms with Crippen LogP contribution >= 0.6 is 0 Å². The maximum absolute atomic E-state index is 9.40. The predicted molar refractivity (Wildman–Crippen MR) is 84.4 cm³/mol. The highest BCUT2D eigenvalue weighted by molar-refractivity contribution is 6.00. The van der Waals surface area contributed by atoms with Crippen molar-refractivity contribution < 1.29 is 14.7 Å². The van der Waals surface area contributed by atoms with Gasteiger partial charge in [0.05, 0.1) is 13.2 Å². The Hall–Kier alpha value is -2.57. The Labute approximate surface area is 134 Å². The molecule has 0 aliphatic carbocycles. The van der Waals surface area contributed by atoms with Crippen LogP contribution in [0.25, 0.3) is 0 Å². The molecule has 2 aromatic rings. The maximum atomic E-state index is 9.40. The fraction of sp³-hybridized carbons (Fsp3) is 0.438. The summed E-state index contributed by atoms with van der Waals surface area (Å²) < 4.78 is 13.3. The molecule has 7 heteroatoms. The predicted octanol–water partition coefficient (Wildman–Crippen LogP) is 2.27. The summed E-state index contributed by atoms with van der Waals surface area (Å²) in [6.45, 7) is 6.87. The van der Waals surface area contributed by atoms with Gasteiger partial charge in [-0.2, -0.15) is 5.10 Å². The number of oxime groups is 1. The van der Waals surface area contributed by atoms with Gasteiger partial charge in [-0.25, -0.2) is 9.67 Å². The minimum absolute atomic E-state index is 0.269. The second-order valence-corrected chi connectivity index (χ2v) is 6.07. The van der Waals surface area contributed by atoms with Gasteiger partial charge in [0.2, 0.25) is 0 Å². The highest BCUT2D eigenvalue weighted by atomic mass is 16.5.